The third-order valence-corrected chi connectivity index (χ3v) is 21.9. The average Bonchev–Trinajstić information content (AvgIpc) is 1.45. The predicted molar refractivity (Wildman–Crippen MR) is 369 cm³/mol. The molecule has 0 bridgehead atoms. The number of hydrogen-bond acceptors (Lipinski definition) is 12. The maximum absolute atomic E-state index is 15.8. The summed E-state index contributed by atoms with van der Waals surface area (Å²) in [4.78, 5) is 190. The van der Waals surface area contributed by atoms with Crippen molar-refractivity contribution in [2.24, 2.45) is 17.8 Å². The minimum atomic E-state index is -4.76. The first-order chi connectivity index (χ1) is 47.3. The van der Waals surface area contributed by atoms with Crippen molar-refractivity contribution in [3.8, 4) is 0 Å². The Kier molecular flexibility index (Phi) is 28.8. The van der Waals surface area contributed by atoms with Gasteiger partial charge in [-0.1, -0.05) is 102 Å². The van der Waals surface area contributed by atoms with Gasteiger partial charge < -0.3 is 60.0 Å². The molecule has 3 aliphatic carbocycles. The molecule has 3 N–H and O–H groups in total. The lowest BCUT2D eigenvalue weighted by molar-refractivity contribution is -0.157. The number of piperidine rings is 1. The van der Waals surface area contributed by atoms with E-state index in [1.165, 1.54) is 86.0 Å². The molecule has 1 spiro atoms. The Morgan fingerprint density at radius 3 is 1.84 bits per heavy atom. The number of carbonyl (C=O) groups is 12. The molecule has 3 heterocycles. The van der Waals surface area contributed by atoms with E-state index < -0.39 is 167 Å². The number of carbonyl (C=O) groups excluding carboxylic acids is 12. The maximum Gasteiger partial charge on any atom is 0.417 e. The number of alkyl halides is 3. The van der Waals surface area contributed by atoms with Crippen molar-refractivity contribution in [3.05, 3.63) is 47.0 Å². The molecule has 3 saturated carbocycles. The molecule has 6 fully saturated rings. The van der Waals surface area contributed by atoms with Crippen LogP contribution in [0.25, 0.3) is 0 Å². The van der Waals surface area contributed by atoms with Gasteiger partial charge in [0.05, 0.1) is 36.6 Å². The molecule has 3 aliphatic heterocycles. The largest absolute Gasteiger partial charge is 0.417 e. The molecule has 12 amide bonds. The van der Waals surface area contributed by atoms with E-state index in [9.17, 15) is 41.9 Å². The summed E-state index contributed by atoms with van der Waals surface area (Å²) in [6.45, 7) is 6.57. The maximum atomic E-state index is 15.8. The minimum absolute atomic E-state index is 0.0153. The summed E-state index contributed by atoms with van der Waals surface area (Å²) in [6, 6.07) is -5.66. The van der Waals surface area contributed by atoms with Gasteiger partial charge in [0.2, 0.25) is 70.9 Å². The fraction of sp³-hybridized carbons (Fsp3) is 0.722. The Morgan fingerprint density at radius 2 is 1.23 bits per heavy atom. The van der Waals surface area contributed by atoms with E-state index in [1.807, 2.05) is 13.8 Å². The summed E-state index contributed by atoms with van der Waals surface area (Å²) in [7, 11) is 9.91. The van der Waals surface area contributed by atoms with Crippen LogP contribution < -0.4 is 16.0 Å². The summed E-state index contributed by atoms with van der Waals surface area (Å²) in [5.41, 5.74) is -2.34. The van der Waals surface area contributed by atoms with Crippen LogP contribution in [0.4, 0.5) is 13.2 Å². The number of likely N-dealkylation sites (N-methyl/N-ethyl adjacent to an activating group) is 7. The van der Waals surface area contributed by atoms with Gasteiger partial charge in [0.1, 0.15) is 47.8 Å². The molecule has 6 aliphatic rings. The second-order valence-electron chi connectivity index (χ2n) is 29.4. The van der Waals surface area contributed by atoms with Crippen LogP contribution in [0.1, 0.15) is 179 Å². The standard InChI is InChI=1S/C72H108ClF3N12O12/c1-11-24-52-65(95)82(6)44-60(91)80(4)45-61(92)84(8)56(41-47-25-15-12-16-26-47)67(97)81(5)43-58(89)77-53(33-31-48-30-32-50(51(73)40-48)72(74,75)76)66(96)88-38-23-29-54(88)64(94)79-71(34-19-20-35-71)70(100)86(10)62(49-27-17-13-18-28-49)69(99)85(9)57(68(98)87-36-21-14-22-37-87)42-59(90)83(7)55(39-46(2)3)63(93)78-52/h11,30,32,40,46-47,49,52-57,62H,1,12-29,31,33-39,41-45H2,2-10H3,(H,77,89)(H,78,93)(H,79,94)/t52-,53-,54-,55-,56-,57-,62-/m0/s1. The lowest BCUT2D eigenvalue weighted by Gasteiger charge is -2.43. The van der Waals surface area contributed by atoms with Crippen LogP contribution >= 0.6 is 11.6 Å². The van der Waals surface area contributed by atoms with Gasteiger partial charge in [0.25, 0.3) is 0 Å². The predicted octanol–water partition coefficient (Wildman–Crippen LogP) is 5.95. The number of aryl methyl sites for hydroxylation is 1. The highest BCUT2D eigenvalue weighted by atomic mass is 35.5. The molecule has 3 saturated heterocycles. The van der Waals surface area contributed by atoms with Crippen molar-refractivity contribution in [2.75, 3.05) is 88.6 Å². The van der Waals surface area contributed by atoms with Crippen LogP contribution in [0.5, 0.6) is 0 Å². The smallest absolute Gasteiger partial charge is 0.343 e. The van der Waals surface area contributed by atoms with Crippen LogP contribution in [0.15, 0.2) is 30.9 Å². The van der Waals surface area contributed by atoms with Gasteiger partial charge in [-0.3, -0.25) is 57.5 Å². The Morgan fingerprint density at radius 1 is 0.630 bits per heavy atom. The molecule has 28 heteroatoms. The van der Waals surface area contributed by atoms with Crippen molar-refractivity contribution in [3.63, 3.8) is 0 Å². The molecule has 24 nitrogen and oxygen atoms in total. The second kappa shape index (κ2) is 36.0. The fourth-order valence-electron chi connectivity index (χ4n) is 15.6. The number of hydrogen-bond donors (Lipinski definition) is 3. The summed E-state index contributed by atoms with van der Waals surface area (Å²) in [5.74, 6) is -8.42. The zero-order chi connectivity index (χ0) is 73.5. The molecular formula is C72H108ClF3N12O12. The van der Waals surface area contributed by atoms with Crippen LogP contribution in [-0.2, 0) is 70.1 Å². The molecule has 100 heavy (non-hydrogen) atoms. The van der Waals surface area contributed by atoms with Crippen molar-refractivity contribution >= 4 is 82.5 Å². The quantitative estimate of drug-likeness (QED) is 0.217. The zero-order valence-electron chi connectivity index (χ0n) is 60.1. The molecule has 0 radical (unpaired) electrons. The lowest BCUT2D eigenvalue weighted by Crippen LogP contribution is -2.65. The van der Waals surface area contributed by atoms with Crippen molar-refractivity contribution in [2.45, 2.75) is 228 Å². The molecule has 0 unspecified atom stereocenters. The van der Waals surface area contributed by atoms with Crippen LogP contribution in [0.3, 0.4) is 0 Å². The number of rotatable bonds is 11. The number of likely N-dealkylation sites (tertiary alicyclic amines) is 1. The van der Waals surface area contributed by atoms with E-state index in [-0.39, 0.29) is 69.7 Å². The first-order valence-electron chi connectivity index (χ1n) is 36.1. The van der Waals surface area contributed by atoms with Gasteiger partial charge in [-0.2, -0.15) is 13.2 Å². The monoisotopic (exact) mass is 1420 g/mol. The van der Waals surface area contributed by atoms with Crippen LogP contribution in [-0.4, -0.2) is 251 Å². The number of benzene rings is 1. The lowest BCUT2D eigenvalue weighted by atomic mass is 9.81. The highest BCUT2D eigenvalue weighted by molar-refractivity contribution is 6.31. The summed E-state index contributed by atoms with van der Waals surface area (Å²) < 4.78 is 41.6. The average molecular weight is 1430 g/mol. The highest BCUT2D eigenvalue weighted by Gasteiger charge is 2.51. The van der Waals surface area contributed by atoms with Gasteiger partial charge in [-0.25, -0.2) is 0 Å². The van der Waals surface area contributed by atoms with Gasteiger partial charge in [-0.15, -0.1) is 6.58 Å². The van der Waals surface area contributed by atoms with E-state index in [0.717, 1.165) is 84.6 Å². The van der Waals surface area contributed by atoms with Gasteiger partial charge >= 0.3 is 6.18 Å². The topological polar surface area (TPSA) is 270 Å². The Hall–Kier alpha value is -7.32. The SMILES string of the molecule is C=CC[C@@H]1NC(=O)[C@H](CC(C)C)N(C)C(=O)C[C@@H](C(=O)N2CCCCC2)N(C)C(=O)[C@H](C2CCCCC2)N(C)C(=O)C2(CCCC2)NC(=O)[C@@H]2CCCN2C(=O)[C@H](CCc2ccc(C(F)(F)F)c(Cl)c2)NC(=O)CN(C)C(=O)[C@H](CC2CCCCC2)N(C)C(=O)CN(C)C(=O)CN(C)C1=O. The van der Waals surface area contributed by atoms with Gasteiger partial charge in [0.15, 0.2) is 0 Å². The zero-order valence-corrected chi connectivity index (χ0v) is 60.9. The Labute approximate surface area is 592 Å². The summed E-state index contributed by atoms with van der Waals surface area (Å²) in [6.07, 6.45) is 7.92. The summed E-state index contributed by atoms with van der Waals surface area (Å²) in [5, 5.41) is 8.06. The molecule has 7 rings (SSSR count). The van der Waals surface area contributed by atoms with E-state index in [4.69, 9.17) is 11.6 Å². The second-order valence-corrected chi connectivity index (χ2v) is 29.8. The molecular weight excluding hydrogens is 1320 g/mol. The number of fused-ring (bicyclic) bond motifs is 1. The molecule has 556 valence electrons. The Balaban J connectivity index is 1.28. The third kappa shape index (κ3) is 20.3. The summed E-state index contributed by atoms with van der Waals surface area (Å²) >= 11 is 6.16. The van der Waals surface area contributed by atoms with Gasteiger partial charge in [-0.05, 0) is 125 Å². The number of nitrogens with zero attached hydrogens (tertiary/aromatic N) is 9. The number of nitrogens with one attached hydrogen (secondary N) is 3. The normalized spacial score (nSPS) is 26.6. The fourth-order valence-corrected chi connectivity index (χ4v) is 15.9. The minimum Gasteiger partial charge on any atom is -0.343 e. The first kappa shape index (κ1) is 80.0. The van der Waals surface area contributed by atoms with Gasteiger partial charge in [0, 0.05) is 69.0 Å². The molecule has 1 aromatic rings. The number of amides is 12. The van der Waals surface area contributed by atoms with E-state index >= 15 is 28.8 Å². The first-order valence-corrected chi connectivity index (χ1v) is 36.4. The molecule has 1 aromatic carbocycles. The molecule has 0 aromatic heterocycles. The number of halogens is 4. The molecule has 7 atom stereocenters. The highest BCUT2D eigenvalue weighted by Crippen LogP contribution is 2.38. The Bertz CT molecular complexity index is 3130. The van der Waals surface area contributed by atoms with Crippen LogP contribution in [0.2, 0.25) is 5.02 Å². The third-order valence-electron chi connectivity index (χ3n) is 21.6. The van der Waals surface area contributed by atoms with E-state index in [1.54, 1.807) is 4.90 Å². The van der Waals surface area contributed by atoms with Crippen LogP contribution in [0, 0.1) is 17.8 Å². The van der Waals surface area contributed by atoms with Crippen molar-refractivity contribution in [1.29, 1.82) is 0 Å². The van der Waals surface area contributed by atoms with E-state index in [2.05, 4.69) is 22.5 Å². The van der Waals surface area contributed by atoms with Crippen molar-refractivity contribution in [1.82, 2.24) is 60.0 Å². The van der Waals surface area contributed by atoms with Crippen molar-refractivity contribution < 1.29 is 70.7 Å². The van der Waals surface area contributed by atoms with E-state index in [0.29, 0.717) is 63.6 Å².